The molecule has 19 heavy (non-hydrogen) atoms. The smallest absolute Gasteiger partial charge is 0.148 e. The summed E-state index contributed by atoms with van der Waals surface area (Å²) in [5.74, 6) is 1.49. The summed E-state index contributed by atoms with van der Waals surface area (Å²) in [5, 5.41) is 3.51. The van der Waals surface area contributed by atoms with E-state index in [0.29, 0.717) is 5.88 Å². The summed E-state index contributed by atoms with van der Waals surface area (Å²) in [6.07, 6.45) is 1.90. The minimum atomic E-state index is -0.0380. The molecular weight excluding hydrogens is 258 g/mol. The highest BCUT2D eigenvalue weighted by Gasteiger charge is 2.22. The van der Waals surface area contributed by atoms with E-state index in [0.717, 1.165) is 35.4 Å². The minimum Gasteiger partial charge on any atom is -0.363 e. The van der Waals surface area contributed by atoms with Crippen LogP contribution in [0.3, 0.4) is 0 Å². The summed E-state index contributed by atoms with van der Waals surface area (Å²) in [6.45, 7) is 6.31. The normalized spacial score (nSPS) is 14.3. The van der Waals surface area contributed by atoms with Crippen molar-refractivity contribution in [1.82, 2.24) is 9.97 Å². The zero-order chi connectivity index (χ0) is 13.9. The van der Waals surface area contributed by atoms with Gasteiger partial charge in [-0.05, 0) is 38.8 Å². The number of aromatic nitrogens is 2. The van der Waals surface area contributed by atoms with Gasteiger partial charge in [-0.3, -0.25) is 0 Å². The number of hydrogen-bond acceptors (Lipinski definition) is 3. The second-order valence-corrected chi connectivity index (χ2v) is 5.50. The number of benzene rings is 1. The number of nitrogens with zero attached hydrogens (tertiary/aromatic N) is 2. The molecule has 0 spiro atoms. The van der Waals surface area contributed by atoms with Gasteiger partial charge in [-0.25, -0.2) is 9.97 Å². The van der Waals surface area contributed by atoms with Crippen molar-refractivity contribution in [2.45, 2.75) is 39.2 Å². The number of aryl methyl sites for hydroxylation is 1. The highest BCUT2D eigenvalue weighted by molar-refractivity contribution is 6.17. The molecule has 0 amide bonds. The SMILES string of the molecule is CCC(C)(CCCl)Nc1nc2ccccc2nc1C. The molecule has 0 bridgehead atoms. The van der Waals surface area contributed by atoms with E-state index in [1.54, 1.807) is 0 Å². The van der Waals surface area contributed by atoms with Crippen LogP contribution >= 0.6 is 11.6 Å². The quantitative estimate of drug-likeness (QED) is 0.835. The molecule has 1 N–H and O–H groups in total. The predicted octanol–water partition coefficient (Wildman–Crippen LogP) is 4.15. The Balaban J connectivity index is 2.36. The van der Waals surface area contributed by atoms with Crippen LogP contribution in [-0.2, 0) is 0 Å². The van der Waals surface area contributed by atoms with Crippen molar-refractivity contribution in [2.75, 3.05) is 11.2 Å². The van der Waals surface area contributed by atoms with E-state index in [9.17, 15) is 0 Å². The van der Waals surface area contributed by atoms with Crippen molar-refractivity contribution in [1.29, 1.82) is 0 Å². The standard InChI is InChI=1S/C15H20ClN3/c1-4-15(3,9-10-16)19-14-11(2)17-12-7-5-6-8-13(12)18-14/h5-8H,4,9-10H2,1-3H3,(H,18,19). The number of rotatable bonds is 5. The number of anilines is 1. The summed E-state index contributed by atoms with van der Waals surface area (Å²) in [6, 6.07) is 7.93. The highest BCUT2D eigenvalue weighted by Crippen LogP contribution is 2.24. The molecule has 0 aliphatic heterocycles. The van der Waals surface area contributed by atoms with E-state index in [2.05, 4.69) is 29.1 Å². The zero-order valence-electron chi connectivity index (χ0n) is 11.7. The van der Waals surface area contributed by atoms with E-state index >= 15 is 0 Å². The van der Waals surface area contributed by atoms with Crippen LogP contribution < -0.4 is 5.32 Å². The summed E-state index contributed by atoms with van der Waals surface area (Å²) < 4.78 is 0. The van der Waals surface area contributed by atoms with Crippen LogP contribution in [0.2, 0.25) is 0 Å². The second kappa shape index (κ2) is 5.74. The molecular formula is C15H20ClN3. The largest absolute Gasteiger partial charge is 0.363 e. The lowest BCUT2D eigenvalue weighted by atomic mass is 9.95. The summed E-state index contributed by atoms with van der Waals surface area (Å²) in [4.78, 5) is 9.27. The molecule has 0 saturated carbocycles. The Morgan fingerprint density at radius 2 is 1.84 bits per heavy atom. The monoisotopic (exact) mass is 277 g/mol. The van der Waals surface area contributed by atoms with Crippen LogP contribution in [0, 0.1) is 6.92 Å². The Morgan fingerprint density at radius 1 is 1.21 bits per heavy atom. The lowest BCUT2D eigenvalue weighted by Crippen LogP contribution is -2.35. The van der Waals surface area contributed by atoms with E-state index in [1.165, 1.54) is 0 Å². The molecule has 102 valence electrons. The third-order valence-corrected chi connectivity index (χ3v) is 3.78. The first-order valence-electron chi connectivity index (χ1n) is 6.65. The number of fused-ring (bicyclic) bond motifs is 1. The van der Waals surface area contributed by atoms with Gasteiger partial charge in [-0.2, -0.15) is 0 Å². The number of hydrogen-bond donors (Lipinski definition) is 1. The lowest BCUT2D eigenvalue weighted by molar-refractivity contribution is 0.479. The summed E-state index contributed by atoms with van der Waals surface area (Å²) in [5.41, 5.74) is 2.73. The van der Waals surface area contributed by atoms with Crippen LogP contribution in [0.15, 0.2) is 24.3 Å². The van der Waals surface area contributed by atoms with Crippen LogP contribution in [0.4, 0.5) is 5.82 Å². The van der Waals surface area contributed by atoms with Crippen LogP contribution in [-0.4, -0.2) is 21.4 Å². The fourth-order valence-corrected chi connectivity index (χ4v) is 2.45. The second-order valence-electron chi connectivity index (χ2n) is 5.12. The molecule has 0 saturated heterocycles. The predicted molar refractivity (Wildman–Crippen MR) is 81.9 cm³/mol. The van der Waals surface area contributed by atoms with Gasteiger partial charge in [-0.1, -0.05) is 19.1 Å². The molecule has 0 aliphatic rings. The van der Waals surface area contributed by atoms with Gasteiger partial charge >= 0.3 is 0 Å². The fourth-order valence-electron chi connectivity index (χ4n) is 2.03. The molecule has 1 heterocycles. The Kier molecular flexibility index (Phi) is 4.25. The van der Waals surface area contributed by atoms with Crippen LogP contribution in [0.1, 0.15) is 32.4 Å². The maximum Gasteiger partial charge on any atom is 0.148 e. The maximum atomic E-state index is 5.89. The molecule has 1 aromatic heterocycles. The lowest BCUT2D eigenvalue weighted by Gasteiger charge is -2.30. The number of alkyl halides is 1. The Hall–Kier alpha value is -1.35. The van der Waals surface area contributed by atoms with Crippen molar-refractivity contribution in [3.05, 3.63) is 30.0 Å². The fraction of sp³-hybridized carbons (Fsp3) is 0.467. The molecule has 1 unspecified atom stereocenters. The zero-order valence-corrected chi connectivity index (χ0v) is 12.5. The van der Waals surface area contributed by atoms with Crippen molar-refractivity contribution < 1.29 is 0 Å². The van der Waals surface area contributed by atoms with Gasteiger partial charge in [0, 0.05) is 11.4 Å². The van der Waals surface area contributed by atoms with Gasteiger partial charge in [0.2, 0.25) is 0 Å². The molecule has 0 aliphatic carbocycles. The molecule has 2 rings (SSSR count). The number of para-hydroxylation sites is 2. The Labute approximate surface area is 119 Å². The van der Waals surface area contributed by atoms with Crippen LogP contribution in [0.5, 0.6) is 0 Å². The molecule has 1 atom stereocenters. The molecule has 4 heteroatoms. The minimum absolute atomic E-state index is 0.0380. The summed E-state index contributed by atoms with van der Waals surface area (Å²) in [7, 11) is 0. The topological polar surface area (TPSA) is 37.8 Å². The van der Waals surface area contributed by atoms with Gasteiger partial charge in [-0.15, -0.1) is 11.6 Å². The third kappa shape index (κ3) is 3.16. The molecule has 2 aromatic rings. The Bertz CT molecular complexity index is 570. The van der Waals surface area contributed by atoms with Gasteiger partial charge in [0.25, 0.3) is 0 Å². The van der Waals surface area contributed by atoms with Gasteiger partial charge in [0.15, 0.2) is 0 Å². The van der Waals surface area contributed by atoms with Gasteiger partial charge < -0.3 is 5.32 Å². The van der Waals surface area contributed by atoms with E-state index in [1.807, 2.05) is 31.2 Å². The number of nitrogens with one attached hydrogen (secondary N) is 1. The van der Waals surface area contributed by atoms with Crippen LogP contribution in [0.25, 0.3) is 11.0 Å². The average molecular weight is 278 g/mol. The molecule has 3 nitrogen and oxygen atoms in total. The first kappa shape index (κ1) is 14.1. The first-order valence-corrected chi connectivity index (χ1v) is 7.19. The van der Waals surface area contributed by atoms with Crippen molar-refractivity contribution >= 4 is 28.5 Å². The summed E-state index contributed by atoms with van der Waals surface area (Å²) >= 11 is 5.89. The van der Waals surface area contributed by atoms with E-state index in [-0.39, 0.29) is 5.54 Å². The Morgan fingerprint density at radius 3 is 2.42 bits per heavy atom. The highest BCUT2D eigenvalue weighted by atomic mass is 35.5. The first-order chi connectivity index (χ1) is 9.08. The number of halogens is 1. The molecule has 1 aromatic carbocycles. The molecule has 0 radical (unpaired) electrons. The van der Waals surface area contributed by atoms with Crippen molar-refractivity contribution in [2.24, 2.45) is 0 Å². The van der Waals surface area contributed by atoms with Crippen molar-refractivity contribution in [3.63, 3.8) is 0 Å². The van der Waals surface area contributed by atoms with Gasteiger partial charge in [0.05, 0.1) is 16.7 Å². The average Bonchev–Trinajstić information content (AvgIpc) is 2.40. The van der Waals surface area contributed by atoms with E-state index < -0.39 is 0 Å². The third-order valence-electron chi connectivity index (χ3n) is 3.59. The van der Waals surface area contributed by atoms with Gasteiger partial charge in [0.1, 0.15) is 5.82 Å². The maximum absolute atomic E-state index is 5.89. The van der Waals surface area contributed by atoms with E-state index in [4.69, 9.17) is 11.6 Å². The van der Waals surface area contributed by atoms with Crippen molar-refractivity contribution in [3.8, 4) is 0 Å². The molecule has 0 fully saturated rings.